The van der Waals surface area contributed by atoms with E-state index in [4.69, 9.17) is 0 Å². The van der Waals surface area contributed by atoms with Crippen LogP contribution in [0.1, 0.15) is 16.1 Å². The predicted molar refractivity (Wildman–Crippen MR) is 85.0 cm³/mol. The third kappa shape index (κ3) is 3.77. The first-order valence-corrected chi connectivity index (χ1v) is 7.14. The molecular weight excluding hydrogens is 293 g/mol. The zero-order valence-corrected chi connectivity index (χ0v) is 12.2. The van der Waals surface area contributed by atoms with Crippen molar-refractivity contribution in [3.63, 3.8) is 0 Å². The smallest absolute Gasteiger partial charge is 0.272 e. The Morgan fingerprint density at radius 3 is 2.30 bits per heavy atom. The molecule has 1 aromatic heterocycles. The second-order valence-corrected chi connectivity index (χ2v) is 4.98. The average Bonchev–Trinajstić information content (AvgIpc) is 2.62. The number of nitrogens with zero attached hydrogens (tertiary/aromatic N) is 2. The molecule has 0 fully saturated rings. The Labute approximate surface area is 133 Å². The lowest BCUT2D eigenvalue weighted by atomic mass is 10.1. The lowest BCUT2D eigenvalue weighted by Gasteiger charge is -2.05. The summed E-state index contributed by atoms with van der Waals surface area (Å²) in [7, 11) is 0. The molecule has 2 aromatic carbocycles. The fourth-order valence-electron chi connectivity index (χ4n) is 2.09. The topological polar surface area (TPSA) is 54.9 Å². The van der Waals surface area contributed by atoms with Crippen LogP contribution in [0.3, 0.4) is 0 Å². The van der Waals surface area contributed by atoms with E-state index < -0.39 is 0 Å². The van der Waals surface area contributed by atoms with Crippen molar-refractivity contribution < 1.29 is 9.18 Å². The fourth-order valence-corrected chi connectivity index (χ4v) is 2.09. The van der Waals surface area contributed by atoms with Crippen molar-refractivity contribution in [1.29, 1.82) is 0 Å². The van der Waals surface area contributed by atoms with Crippen molar-refractivity contribution >= 4 is 5.91 Å². The monoisotopic (exact) mass is 307 g/mol. The first-order chi connectivity index (χ1) is 11.2. The van der Waals surface area contributed by atoms with Gasteiger partial charge in [0.25, 0.3) is 5.91 Å². The molecule has 3 rings (SSSR count). The van der Waals surface area contributed by atoms with E-state index in [1.165, 1.54) is 12.1 Å². The Bertz CT molecular complexity index is 787. The van der Waals surface area contributed by atoms with Crippen LogP contribution < -0.4 is 5.32 Å². The summed E-state index contributed by atoms with van der Waals surface area (Å²) in [6.07, 6.45) is 0. The molecule has 1 amide bonds. The van der Waals surface area contributed by atoms with Crippen LogP contribution in [0.15, 0.2) is 66.7 Å². The summed E-state index contributed by atoms with van der Waals surface area (Å²) in [5.41, 5.74) is 2.71. The molecule has 1 N–H and O–H groups in total. The van der Waals surface area contributed by atoms with Gasteiger partial charge in [0.15, 0.2) is 5.69 Å². The minimum atomic E-state index is -0.318. The van der Waals surface area contributed by atoms with Gasteiger partial charge in [0, 0.05) is 12.1 Å². The average molecular weight is 307 g/mol. The van der Waals surface area contributed by atoms with E-state index in [0.717, 1.165) is 11.1 Å². The van der Waals surface area contributed by atoms with E-state index in [1.807, 2.05) is 30.3 Å². The van der Waals surface area contributed by atoms with Gasteiger partial charge in [-0.2, -0.15) is 0 Å². The summed E-state index contributed by atoms with van der Waals surface area (Å²) in [4.78, 5) is 12.0. The maximum atomic E-state index is 12.8. The summed E-state index contributed by atoms with van der Waals surface area (Å²) in [5.74, 6) is -0.621. The van der Waals surface area contributed by atoms with Crippen molar-refractivity contribution in [3.8, 4) is 11.3 Å². The molecule has 0 spiro atoms. The molecule has 1 heterocycles. The summed E-state index contributed by atoms with van der Waals surface area (Å²) >= 11 is 0. The first kappa shape index (κ1) is 14.8. The Morgan fingerprint density at radius 2 is 1.65 bits per heavy atom. The molecule has 3 aromatic rings. The van der Waals surface area contributed by atoms with Crippen LogP contribution in [-0.2, 0) is 6.54 Å². The van der Waals surface area contributed by atoms with Crippen LogP contribution in [0.5, 0.6) is 0 Å². The number of nitrogens with one attached hydrogen (secondary N) is 1. The Kier molecular flexibility index (Phi) is 4.38. The third-order valence-corrected chi connectivity index (χ3v) is 3.33. The summed E-state index contributed by atoms with van der Waals surface area (Å²) in [6.45, 7) is 0.307. The van der Waals surface area contributed by atoms with Crippen LogP contribution in [0, 0.1) is 5.82 Å². The van der Waals surface area contributed by atoms with Gasteiger partial charge in [-0.05, 0) is 29.8 Å². The Hall–Kier alpha value is -3.08. The molecule has 114 valence electrons. The summed E-state index contributed by atoms with van der Waals surface area (Å²) < 4.78 is 12.8. The largest absolute Gasteiger partial charge is 0.347 e. The highest BCUT2D eigenvalue weighted by molar-refractivity contribution is 5.92. The molecule has 0 aliphatic rings. The summed E-state index contributed by atoms with van der Waals surface area (Å²) in [5, 5.41) is 10.8. The number of hydrogen-bond acceptors (Lipinski definition) is 3. The van der Waals surface area contributed by atoms with E-state index in [0.29, 0.717) is 12.2 Å². The zero-order valence-electron chi connectivity index (χ0n) is 12.2. The van der Waals surface area contributed by atoms with Gasteiger partial charge in [-0.1, -0.05) is 42.5 Å². The number of aromatic nitrogens is 2. The van der Waals surface area contributed by atoms with E-state index >= 15 is 0 Å². The number of amides is 1. The third-order valence-electron chi connectivity index (χ3n) is 3.33. The van der Waals surface area contributed by atoms with Crippen LogP contribution in [-0.4, -0.2) is 16.1 Å². The molecule has 0 atom stereocenters. The molecule has 4 nitrogen and oxygen atoms in total. The maximum absolute atomic E-state index is 12.8. The number of rotatable bonds is 4. The lowest BCUT2D eigenvalue weighted by Crippen LogP contribution is -2.24. The molecular formula is C18H14FN3O. The van der Waals surface area contributed by atoms with Crippen molar-refractivity contribution in [2.75, 3.05) is 0 Å². The van der Waals surface area contributed by atoms with E-state index in [2.05, 4.69) is 15.5 Å². The molecule has 0 radical (unpaired) electrons. The Balaban J connectivity index is 1.65. The minimum absolute atomic E-state index is 0.242. The van der Waals surface area contributed by atoms with Gasteiger partial charge in [0.05, 0.1) is 5.69 Å². The maximum Gasteiger partial charge on any atom is 0.272 e. The molecule has 0 aliphatic heterocycles. The van der Waals surface area contributed by atoms with Crippen LogP contribution >= 0.6 is 0 Å². The number of hydrogen-bond donors (Lipinski definition) is 1. The zero-order chi connectivity index (χ0) is 16.1. The number of halogens is 1. The van der Waals surface area contributed by atoms with Crippen LogP contribution in [0.4, 0.5) is 4.39 Å². The van der Waals surface area contributed by atoms with Gasteiger partial charge in [-0.25, -0.2) is 4.39 Å². The SMILES string of the molecule is O=C(NCc1ccc(F)cc1)c1ccc(-c2ccccc2)nn1. The highest BCUT2D eigenvalue weighted by Gasteiger charge is 2.08. The van der Waals surface area contributed by atoms with Gasteiger partial charge in [0.2, 0.25) is 0 Å². The highest BCUT2D eigenvalue weighted by atomic mass is 19.1. The first-order valence-electron chi connectivity index (χ1n) is 7.14. The predicted octanol–water partition coefficient (Wildman–Crippen LogP) is 3.21. The fraction of sp³-hybridized carbons (Fsp3) is 0.0556. The minimum Gasteiger partial charge on any atom is -0.347 e. The normalized spacial score (nSPS) is 10.3. The van der Waals surface area contributed by atoms with Gasteiger partial charge < -0.3 is 5.32 Å². The molecule has 23 heavy (non-hydrogen) atoms. The highest BCUT2D eigenvalue weighted by Crippen LogP contribution is 2.15. The summed E-state index contributed by atoms with van der Waals surface area (Å²) in [6, 6.07) is 19.0. The van der Waals surface area contributed by atoms with Gasteiger partial charge in [-0.15, -0.1) is 10.2 Å². The number of carbonyl (C=O) groups excluding carboxylic acids is 1. The number of benzene rings is 2. The molecule has 0 bridgehead atoms. The second-order valence-electron chi connectivity index (χ2n) is 4.98. The van der Waals surface area contributed by atoms with E-state index in [9.17, 15) is 9.18 Å². The second kappa shape index (κ2) is 6.79. The molecule has 0 aliphatic carbocycles. The van der Waals surface area contributed by atoms with Crippen LogP contribution in [0.25, 0.3) is 11.3 Å². The van der Waals surface area contributed by atoms with Crippen LogP contribution in [0.2, 0.25) is 0 Å². The van der Waals surface area contributed by atoms with Gasteiger partial charge in [0.1, 0.15) is 5.82 Å². The lowest BCUT2D eigenvalue weighted by molar-refractivity contribution is 0.0945. The Morgan fingerprint density at radius 1 is 0.913 bits per heavy atom. The van der Waals surface area contributed by atoms with Gasteiger partial charge >= 0.3 is 0 Å². The molecule has 0 saturated carbocycles. The quantitative estimate of drug-likeness (QED) is 0.805. The van der Waals surface area contributed by atoms with Crippen molar-refractivity contribution in [2.45, 2.75) is 6.54 Å². The van der Waals surface area contributed by atoms with E-state index in [1.54, 1.807) is 24.3 Å². The molecule has 0 saturated heterocycles. The standard InChI is InChI=1S/C18H14FN3O/c19-15-8-6-13(7-9-15)12-20-18(23)17-11-10-16(21-22-17)14-4-2-1-3-5-14/h1-11H,12H2,(H,20,23). The van der Waals surface area contributed by atoms with Crippen molar-refractivity contribution in [1.82, 2.24) is 15.5 Å². The molecule has 0 unspecified atom stereocenters. The van der Waals surface area contributed by atoms with E-state index in [-0.39, 0.29) is 17.4 Å². The van der Waals surface area contributed by atoms with Crippen molar-refractivity contribution in [2.24, 2.45) is 0 Å². The van der Waals surface area contributed by atoms with Gasteiger partial charge in [-0.3, -0.25) is 4.79 Å². The molecule has 5 heteroatoms. The van der Waals surface area contributed by atoms with Crippen molar-refractivity contribution in [3.05, 3.63) is 83.8 Å². The number of carbonyl (C=O) groups is 1.